The van der Waals surface area contributed by atoms with Gasteiger partial charge in [0.2, 0.25) is 0 Å². The summed E-state index contributed by atoms with van der Waals surface area (Å²) in [5, 5.41) is 4.33. The minimum absolute atomic E-state index is 0.654. The molecule has 1 heterocycles. The molecule has 3 N–H and O–H groups in total. The topological polar surface area (TPSA) is 60.2 Å². The second kappa shape index (κ2) is 6.54. The largest absolute Gasteiger partial charge is 0.397 e. The first-order valence-corrected chi connectivity index (χ1v) is 7.11. The molecule has 0 spiro atoms. The Morgan fingerprint density at radius 2 is 2.32 bits per heavy atom. The molecule has 0 bridgehead atoms. The number of hydrogen-bond donors (Lipinski definition) is 2. The number of nitrogens with zero attached hydrogens (tertiary/aromatic N) is 1. The van der Waals surface area contributed by atoms with Crippen LogP contribution in [0.1, 0.15) is 11.4 Å². The summed E-state index contributed by atoms with van der Waals surface area (Å²) in [6.45, 7) is 7.75. The Morgan fingerprint density at radius 1 is 1.47 bits per heavy atom. The summed E-state index contributed by atoms with van der Waals surface area (Å²) in [6.07, 6.45) is 2.73. The lowest BCUT2D eigenvalue weighted by molar-refractivity contribution is 0.149. The number of nitrogens with two attached hydrogens (primary N) is 1. The molecular formula is C14H19N3OS. The van der Waals surface area contributed by atoms with Crippen LogP contribution in [0.5, 0.6) is 0 Å². The third-order valence-corrected chi connectivity index (χ3v) is 3.63. The molecule has 0 aliphatic carbocycles. The predicted octanol–water partition coefficient (Wildman–Crippen LogP) is 3.19. The molecule has 1 aromatic heterocycles. The zero-order chi connectivity index (χ0) is 13.7. The maximum absolute atomic E-state index is 6.02. The molecule has 4 nitrogen and oxygen atoms in total. The van der Waals surface area contributed by atoms with Crippen molar-refractivity contribution in [3.05, 3.63) is 29.8 Å². The van der Waals surface area contributed by atoms with E-state index in [0.717, 1.165) is 39.6 Å². The molecule has 102 valence electrons. The van der Waals surface area contributed by atoms with Crippen LogP contribution in [0.3, 0.4) is 0 Å². The highest BCUT2D eigenvalue weighted by atomic mass is 32.1. The Kier molecular flexibility index (Phi) is 4.76. The van der Waals surface area contributed by atoms with E-state index in [2.05, 4.69) is 16.9 Å². The van der Waals surface area contributed by atoms with E-state index in [1.807, 2.05) is 25.1 Å². The number of ether oxygens (including phenoxy) is 1. The molecule has 0 aliphatic heterocycles. The third kappa shape index (κ3) is 3.68. The molecule has 0 unspecified atom stereocenters. The van der Waals surface area contributed by atoms with Crippen LogP contribution in [0, 0.1) is 6.92 Å². The van der Waals surface area contributed by atoms with Crippen molar-refractivity contribution in [3.8, 4) is 0 Å². The summed E-state index contributed by atoms with van der Waals surface area (Å²) in [4.78, 5) is 4.46. The van der Waals surface area contributed by atoms with Gasteiger partial charge in [0.15, 0.2) is 0 Å². The number of rotatable bonds is 7. The quantitative estimate of drug-likeness (QED) is 0.463. The smallest absolute Gasteiger partial charge is 0.0907 e. The first-order chi connectivity index (χ1) is 9.20. The molecule has 2 rings (SSSR count). The summed E-state index contributed by atoms with van der Waals surface area (Å²) in [5.74, 6) is 0. The maximum Gasteiger partial charge on any atom is 0.0907 e. The summed E-state index contributed by atoms with van der Waals surface area (Å²) in [5.41, 5.74) is 8.69. The molecule has 0 saturated carbocycles. The Hall–Kier alpha value is -1.59. The molecule has 0 saturated heterocycles. The van der Waals surface area contributed by atoms with E-state index in [-0.39, 0.29) is 0 Å². The lowest BCUT2D eigenvalue weighted by atomic mass is 10.2. The van der Waals surface area contributed by atoms with Crippen molar-refractivity contribution >= 4 is 32.9 Å². The average Bonchev–Trinajstić information content (AvgIpc) is 2.72. The van der Waals surface area contributed by atoms with E-state index in [0.29, 0.717) is 13.2 Å². The number of nitrogen functional groups attached to an aromatic ring is 1. The van der Waals surface area contributed by atoms with Gasteiger partial charge in [0.1, 0.15) is 0 Å². The first-order valence-electron chi connectivity index (χ1n) is 6.30. The fraction of sp³-hybridized carbons (Fsp3) is 0.357. The minimum Gasteiger partial charge on any atom is -0.397 e. The minimum atomic E-state index is 0.654. The first kappa shape index (κ1) is 13.8. The number of aryl methyl sites for hydroxylation is 1. The van der Waals surface area contributed by atoms with Crippen LogP contribution in [-0.2, 0) is 4.74 Å². The van der Waals surface area contributed by atoms with Crippen molar-refractivity contribution < 1.29 is 4.74 Å². The van der Waals surface area contributed by atoms with Crippen LogP contribution >= 0.6 is 11.3 Å². The van der Waals surface area contributed by atoms with E-state index < -0.39 is 0 Å². The number of aromatic nitrogens is 1. The van der Waals surface area contributed by atoms with Gasteiger partial charge in [0.05, 0.1) is 39.8 Å². The van der Waals surface area contributed by atoms with E-state index >= 15 is 0 Å². The van der Waals surface area contributed by atoms with Gasteiger partial charge in [0.25, 0.3) is 0 Å². The number of benzene rings is 1. The molecule has 2 aromatic rings. The molecular weight excluding hydrogens is 258 g/mol. The van der Waals surface area contributed by atoms with E-state index in [9.17, 15) is 0 Å². The Labute approximate surface area is 117 Å². The molecule has 1 aromatic carbocycles. The lowest BCUT2D eigenvalue weighted by Gasteiger charge is -2.09. The molecule has 0 radical (unpaired) electrons. The summed E-state index contributed by atoms with van der Waals surface area (Å²) < 4.78 is 6.57. The maximum atomic E-state index is 6.02. The summed E-state index contributed by atoms with van der Waals surface area (Å²) >= 11 is 1.66. The van der Waals surface area contributed by atoms with Crippen molar-refractivity contribution in [2.75, 3.05) is 30.8 Å². The second-order valence-electron chi connectivity index (χ2n) is 4.26. The number of hydrogen-bond acceptors (Lipinski definition) is 5. The van der Waals surface area contributed by atoms with Crippen LogP contribution < -0.4 is 11.1 Å². The third-order valence-electron chi connectivity index (χ3n) is 2.69. The highest BCUT2D eigenvalue weighted by molar-refractivity contribution is 7.18. The van der Waals surface area contributed by atoms with Crippen LogP contribution in [0.4, 0.5) is 11.4 Å². The van der Waals surface area contributed by atoms with Crippen molar-refractivity contribution in [2.24, 2.45) is 0 Å². The van der Waals surface area contributed by atoms with Crippen LogP contribution in [-0.4, -0.2) is 24.7 Å². The van der Waals surface area contributed by atoms with Crippen molar-refractivity contribution in [3.63, 3.8) is 0 Å². The van der Waals surface area contributed by atoms with Gasteiger partial charge >= 0.3 is 0 Å². The Bertz CT molecular complexity index is 565. The normalized spacial score (nSPS) is 10.8. The van der Waals surface area contributed by atoms with E-state index in [4.69, 9.17) is 10.5 Å². The SMILES string of the molecule is C=CCCOCCNc1cc2nc(C)sc2cc1N. The zero-order valence-corrected chi connectivity index (χ0v) is 11.9. The van der Waals surface area contributed by atoms with Crippen LogP contribution in [0.2, 0.25) is 0 Å². The Balaban J connectivity index is 1.92. The predicted molar refractivity (Wildman–Crippen MR) is 82.9 cm³/mol. The molecule has 0 aliphatic rings. The average molecular weight is 277 g/mol. The van der Waals surface area contributed by atoms with Crippen LogP contribution in [0.25, 0.3) is 10.2 Å². The van der Waals surface area contributed by atoms with Crippen molar-refractivity contribution in [1.82, 2.24) is 4.98 Å². The second-order valence-corrected chi connectivity index (χ2v) is 5.49. The summed E-state index contributed by atoms with van der Waals surface area (Å²) in [7, 11) is 0. The van der Waals surface area contributed by atoms with Gasteiger partial charge in [-0.2, -0.15) is 0 Å². The van der Waals surface area contributed by atoms with Gasteiger partial charge in [-0.25, -0.2) is 4.98 Å². The molecule has 0 amide bonds. The molecule has 5 heteroatoms. The van der Waals surface area contributed by atoms with Crippen molar-refractivity contribution in [1.29, 1.82) is 0 Å². The summed E-state index contributed by atoms with van der Waals surface area (Å²) in [6, 6.07) is 3.97. The van der Waals surface area contributed by atoms with Gasteiger partial charge in [-0.15, -0.1) is 17.9 Å². The number of nitrogens with one attached hydrogen (secondary N) is 1. The number of thiazole rings is 1. The molecule has 0 atom stereocenters. The van der Waals surface area contributed by atoms with Gasteiger partial charge in [0, 0.05) is 6.54 Å². The van der Waals surface area contributed by atoms with E-state index in [1.54, 1.807) is 11.3 Å². The van der Waals surface area contributed by atoms with Crippen LogP contribution in [0.15, 0.2) is 24.8 Å². The van der Waals surface area contributed by atoms with Gasteiger partial charge < -0.3 is 15.8 Å². The van der Waals surface area contributed by atoms with Crippen molar-refractivity contribution in [2.45, 2.75) is 13.3 Å². The standard InChI is InChI=1S/C14H19N3OS/c1-3-4-6-18-7-5-16-12-9-13-14(8-11(12)15)19-10(2)17-13/h3,8-9,16H,1,4-7,15H2,2H3. The molecule has 0 fully saturated rings. The van der Waals surface area contributed by atoms with Gasteiger partial charge in [-0.1, -0.05) is 6.08 Å². The Morgan fingerprint density at radius 3 is 3.11 bits per heavy atom. The highest BCUT2D eigenvalue weighted by Gasteiger charge is 2.05. The van der Waals surface area contributed by atoms with Gasteiger partial charge in [-0.05, 0) is 25.5 Å². The zero-order valence-electron chi connectivity index (χ0n) is 11.1. The van der Waals surface area contributed by atoms with Gasteiger partial charge in [-0.3, -0.25) is 0 Å². The monoisotopic (exact) mass is 277 g/mol. The number of anilines is 2. The molecule has 19 heavy (non-hydrogen) atoms. The highest BCUT2D eigenvalue weighted by Crippen LogP contribution is 2.29. The van der Waals surface area contributed by atoms with E-state index in [1.165, 1.54) is 0 Å². The fourth-order valence-electron chi connectivity index (χ4n) is 1.78. The number of fused-ring (bicyclic) bond motifs is 1. The lowest BCUT2D eigenvalue weighted by Crippen LogP contribution is -2.11. The fourth-order valence-corrected chi connectivity index (χ4v) is 2.64.